The van der Waals surface area contributed by atoms with Gasteiger partial charge in [0, 0.05) is 18.8 Å². The summed E-state index contributed by atoms with van der Waals surface area (Å²) in [6, 6.07) is 3.42. The van der Waals surface area contributed by atoms with Crippen LogP contribution in [0.1, 0.15) is 71.0 Å². The zero-order valence-corrected chi connectivity index (χ0v) is 12.7. The molecular formula is C16H29N3. The second-order valence-corrected chi connectivity index (χ2v) is 6.22. The summed E-state index contributed by atoms with van der Waals surface area (Å²) in [4.78, 5) is 0. The van der Waals surface area contributed by atoms with Crippen LogP contribution in [-0.4, -0.2) is 15.8 Å². The van der Waals surface area contributed by atoms with Gasteiger partial charge in [0.15, 0.2) is 0 Å². The third-order valence-electron chi connectivity index (χ3n) is 4.40. The average molecular weight is 263 g/mol. The van der Waals surface area contributed by atoms with Gasteiger partial charge in [0.05, 0.1) is 11.7 Å². The minimum atomic E-state index is 0.597. The molecule has 0 aliphatic heterocycles. The Morgan fingerprint density at radius 2 is 2.05 bits per heavy atom. The highest BCUT2D eigenvalue weighted by molar-refractivity contribution is 5.00. The Morgan fingerprint density at radius 1 is 1.32 bits per heavy atom. The van der Waals surface area contributed by atoms with Crippen LogP contribution in [0.4, 0.5) is 0 Å². The number of rotatable bonds is 6. The maximum Gasteiger partial charge on any atom is 0.0762 e. The molecule has 3 nitrogen and oxygen atoms in total. The van der Waals surface area contributed by atoms with Crippen LogP contribution >= 0.6 is 0 Å². The summed E-state index contributed by atoms with van der Waals surface area (Å²) in [7, 11) is 0. The molecule has 1 unspecified atom stereocenters. The number of nitrogens with zero attached hydrogens (tertiary/aromatic N) is 2. The van der Waals surface area contributed by atoms with E-state index < -0.39 is 0 Å². The van der Waals surface area contributed by atoms with Crippen molar-refractivity contribution in [2.24, 2.45) is 5.92 Å². The van der Waals surface area contributed by atoms with E-state index in [0.29, 0.717) is 18.0 Å². The van der Waals surface area contributed by atoms with Crippen molar-refractivity contribution in [1.29, 1.82) is 0 Å². The monoisotopic (exact) mass is 263 g/mol. The standard InChI is InChI=1S/C16H29N3/c1-4-16(13(2)3)17-12-14-10-11-19(18-14)15-8-6-5-7-9-15/h10-11,13,15-17H,4-9,12H2,1-3H3. The van der Waals surface area contributed by atoms with Crippen LogP contribution in [0.2, 0.25) is 0 Å². The number of nitrogens with one attached hydrogen (secondary N) is 1. The zero-order chi connectivity index (χ0) is 13.7. The lowest BCUT2D eigenvalue weighted by molar-refractivity contribution is 0.326. The van der Waals surface area contributed by atoms with Crippen molar-refractivity contribution < 1.29 is 0 Å². The van der Waals surface area contributed by atoms with E-state index in [-0.39, 0.29) is 0 Å². The van der Waals surface area contributed by atoms with E-state index in [1.54, 1.807) is 0 Å². The van der Waals surface area contributed by atoms with Gasteiger partial charge in [0.1, 0.15) is 0 Å². The highest BCUT2D eigenvalue weighted by atomic mass is 15.3. The minimum absolute atomic E-state index is 0.597. The van der Waals surface area contributed by atoms with E-state index in [4.69, 9.17) is 5.10 Å². The lowest BCUT2D eigenvalue weighted by atomic mass is 9.96. The zero-order valence-electron chi connectivity index (χ0n) is 12.7. The first-order valence-corrected chi connectivity index (χ1v) is 7.98. The Labute approximate surface area is 117 Å². The molecule has 108 valence electrons. The van der Waals surface area contributed by atoms with Crippen LogP contribution in [0.3, 0.4) is 0 Å². The molecule has 0 bridgehead atoms. The van der Waals surface area contributed by atoms with Gasteiger partial charge in [0.2, 0.25) is 0 Å². The van der Waals surface area contributed by atoms with Crippen molar-refractivity contribution in [3.8, 4) is 0 Å². The molecule has 3 heteroatoms. The molecule has 1 atom stereocenters. The maximum atomic E-state index is 4.75. The molecule has 1 aliphatic rings. The SMILES string of the molecule is CCC(NCc1ccn(C2CCCCC2)n1)C(C)C. The number of hydrogen-bond donors (Lipinski definition) is 1. The average Bonchev–Trinajstić information content (AvgIpc) is 2.89. The van der Waals surface area contributed by atoms with Crippen LogP contribution in [0.25, 0.3) is 0 Å². The molecule has 1 saturated carbocycles. The fourth-order valence-corrected chi connectivity index (χ4v) is 3.11. The van der Waals surface area contributed by atoms with Gasteiger partial charge in [-0.2, -0.15) is 5.10 Å². The van der Waals surface area contributed by atoms with E-state index in [2.05, 4.69) is 43.0 Å². The molecule has 0 saturated heterocycles. The Kier molecular flexibility index (Phi) is 5.44. The molecule has 1 N–H and O–H groups in total. The lowest BCUT2D eigenvalue weighted by Gasteiger charge is -2.22. The Hall–Kier alpha value is -0.830. The van der Waals surface area contributed by atoms with Crippen molar-refractivity contribution in [2.45, 2.75) is 77.9 Å². The summed E-state index contributed by atoms with van der Waals surface area (Å²) >= 11 is 0. The molecular weight excluding hydrogens is 234 g/mol. The van der Waals surface area contributed by atoms with Gasteiger partial charge in [-0.15, -0.1) is 0 Å². The molecule has 0 spiro atoms. The molecule has 1 heterocycles. The minimum Gasteiger partial charge on any atom is -0.308 e. The molecule has 1 aliphatic carbocycles. The second kappa shape index (κ2) is 7.09. The van der Waals surface area contributed by atoms with Gasteiger partial charge in [0.25, 0.3) is 0 Å². The molecule has 1 aromatic heterocycles. The third-order valence-corrected chi connectivity index (χ3v) is 4.40. The maximum absolute atomic E-state index is 4.75. The smallest absolute Gasteiger partial charge is 0.0762 e. The molecule has 0 amide bonds. The summed E-state index contributed by atoms with van der Waals surface area (Å²) in [6.45, 7) is 7.71. The van der Waals surface area contributed by atoms with Crippen molar-refractivity contribution in [1.82, 2.24) is 15.1 Å². The van der Waals surface area contributed by atoms with Crippen LogP contribution < -0.4 is 5.32 Å². The molecule has 1 fully saturated rings. The Balaban J connectivity index is 1.86. The molecule has 1 aromatic rings. The molecule has 19 heavy (non-hydrogen) atoms. The van der Waals surface area contributed by atoms with Crippen molar-refractivity contribution >= 4 is 0 Å². The quantitative estimate of drug-likeness (QED) is 0.843. The first kappa shape index (κ1) is 14.6. The van der Waals surface area contributed by atoms with Crippen LogP contribution in [0, 0.1) is 5.92 Å². The largest absolute Gasteiger partial charge is 0.308 e. The van der Waals surface area contributed by atoms with E-state index in [1.807, 2.05) is 0 Å². The lowest BCUT2D eigenvalue weighted by Crippen LogP contribution is -2.32. The van der Waals surface area contributed by atoms with E-state index >= 15 is 0 Å². The highest BCUT2D eigenvalue weighted by Crippen LogP contribution is 2.27. The summed E-state index contributed by atoms with van der Waals surface area (Å²) in [5.74, 6) is 0.686. The van der Waals surface area contributed by atoms with Gasteiger partial charge in [-0.3, -0.25) is 4.68 Å². The van der Waals surface area contributed by atoms with E-state index in [9.17, 15) is 0 Å². The summed E-state index contributed by atoms with van der Waals surface area (Å²) in [5, 5.41) is 8.38. The molecule has 2 rings (SSSR count). The number of hydrogen-bond acceptors (Lipinski definition) is 2. The Morgan fingerprint density at radius 3 is 2.68 bits per heavy atom. The van der Waals surface area contributed by atoms with Gasteiger partial charge < -0.3 is 5.32 Å². The molecule has 0 radical (unpaired) electrons. The fraction of sp³-hybridized carbons (Fsp3) is 0.812. The fourth-order valence-electron chi connectivity index (χ4n) is 3.11. The van der Waals surface area contributed by atoms with Gasteiger partial charge in [-0.25, -0.2) is 0 Å². The van der Waals surface area contributed by atoms with Crippen LogP contribution in [0.5, 0.6) is 0 Å². The van der Waals surface area contributed by atoms with Crippen molar-refractivity contribution in [3.05, 3.63) is 18.0 Å². The third kappa shape index (κ3) is 4.07. The predicted octanol–water partition coefficient (Wildman–Crippen LogP) is 3.91. The predicted molar refractivity (Wildman–Crippen MR) is 80.1 cm³/mol. The van der Waals surface area contributed by atoms with E-state index in [0.717, 1.165) is 6.54 Å². The Bertz CT molecular complexity index is 364. The second-order valence-electron chi connectivity index (χ2n) is 6.22. The van der Waals surface area contributed by atoms with Crippen LogP contribution in [0.15, 0.2) is 12.3 Å². The first-order valence-electron chi connectivity index (χ1n) is 7.98. The van der Waals surface area contributed by atoms with E-state index in [1.165, 1.54) is 44.2 Å². The topological polar surface area (TPSA) is 29.9 Å². The normalized spacial score (nSPS) is 18.9. The van der Waals surface area contributed by atoms with Crippen molar-refractivity contribution in [2.75, 3.05) is 0 Å². The van der Waals surface area contributed by atoms with Gasteiger partial charge in [-0.1, -0.05) is 40.0 Å². The summed E-state index contributed by atoms with van der Waals surface area (Å²) < 4.78 is 2.20. The molecule has 0 aromatic carbocycles. The van der Waals surface area contributed by atoms with Gasteiger partial charge in [-0.05, 0) is 31.2 Å². The first-order chi connectivity index (χ1) is 9.20. The van der Waals surface area contributed by atoms with Gasteiger partial charge >= 0.3 is 0 Å². The van der Waals surface area contributed by atoms with Crippen molar-refractivity contribution in [3.63, 3.8) is 0 Å². The number of aromatic nitrogens is 2. The van der Waals surface area contributed by atoms with Crippen LogP contribution in [-0.2, 0) is 6.54 Å². The summed E-state index contributed by atoms with van der Waals surface area (Å²) in [6.07, 6.45) is 10.1. The highest BCUT2D eigenvalue weighted by Gasteiger charge is 2.16. The summed E-state index contributed by atoms with van der Waals surface area (Å²) in [5.41, 5.74) is 1.18.